The summed E-state index contributed by atoms with van der Waals surface area (Å²) in [6.07, 6.45) is 0. The molecule has 0 atom stereocenters. The number of nitrogens with zero attached hydrogens (tertiary/aromatic N) is 4. The molecule has 0 saturated heterocycles. The molecule has 4 heterocycles. The Kier molecular flexibility index (Phi) is 18.8. The van der Waals surface area contributed by atoms with Crippen molar-refractivity contribution < 1.29 is 8.83 Å². The van der Waals surface area contributed by atoms with Gasteiger partial charge in [0.1, 0.15) is 16.7 Å². The average Bonchev–Trinajstić information content (AvgIpc) is 1.61. The molecule has 24 aromatic rings. The molecule has 126 heavy (non-hydrogen) atoms. The molecule has 24 rings (SSSR count). The van der Waals surface area contributed by atoms with E-state index in [1.807, 2.05) is 24.3 Å². The van der Waals surface area contributed by atoms with E-state index in [9.17, 15) is 0 Å². The van der Waals surface area contributed by atoms with Crippen LogP contribution in [0, 0.1) is 0 Å². The monoisotopic (exact) mass is 1610 g/mol. The maximum Gasteiger partial charge on any atom is 0.159 e. The number of benzene rings is 20. The number of aromatic nitrogens is 2. The molecule has 0 spiro atoms. The fourth-order valence-corrected chi connectivity index (χ4v) is 18.6. The second-order valence-corrected chi connectivity index (χ2v) is 32.3. The average molecular weight is 1610 g/mol. The minimum Gasteiger partial charge on any atom is -0.456 e. The van der Waals surface area contributed by atoms with Crippen LogP contribution in [-0.4, -0.2) is 9.13 Å². The van der Waals surface area contributed by atoms with E-state index in [0.717, 1.165) is 123 Å². The first-order chi connectivity index (χ1) is 62.4. The Morgan fingerprint density at radius 1 is 0.151 bits per heavy atom. The Hall–Kier alpha value is -16.8. The van der Waals surface area contributed by atoms with Crippen LogP contribution in [0.5, 0.6) is 0 Å². The third-order valence-electron chi connectivity index (χ3n) is 24.7. The minimum absolute atomic E-state index is 0.857. The summed E-state index contributed by atoms with van der Waals surface area (Å²) >= 11 is 0. The molecule has 4 aromatic heterocycles. The van der Waals surface area contributed by atoms with Gasteiger partial charge in [0, 0.05) is 82.9 Å². The molecule has 0 aliphatic rings. The predicted octanol–water partition coefficient (Wildman–Crippen LogP) is 33.6. The molecule has 0 fully saturated rings. The maximum atomic E-state index is 6.67. The summed E-state index contributed by atoms with van der Waals surface area (Å²) in [5.74, 6) is 0. The summed E-state index contributed by atoms with van der Waals surface area (Å²) in [6.45, 7) is 0. The standard InChI is InChI=1S/2C60H40N2O/c1-4-15-41(16-5-1)46-37-47(42-17-6-2-7-18-42)39-48(38-46)44-29-34-51(35-30-44)61(58-25-14-23-54-53-22-11-13-26-59(53)63-60(54)58)50-32-27-43(28-33-50)45-31-36-57-55(40-45)52-21-10-12-24-56(52)62(57)49-19-8-3-9-20-49;1-4-14-41(15-5-1)46-36-47(42-16-6-2-7-17-42)38-48(37-46)44-26-31-51(32-27-44)61(50-29-24-43(25-30-50)45-28-34-56-55-21-11-13-23-59(55)63-60(56)39-45)52-33-35-54-53-20-10-12-22-57(53)62(58(54)40-52)49-18-8-3-9-19-49/h2*1-40H. The molecule has 0 radical (unpaired) electrons. The van der Waals surface area contributed by atoms with Crippen molar-refractivity contribution in [1.29, 1.82) is 0 Å². The number of para-hydroxylation sites is 7. The van der Waals surface area contributed by atoms with Gasteiger partial charge in [0.25, 0.3) is 0 Å². The molecule has 6 heteroatoms. The van der Waals surface area contributed by atoms with Crippen molar-refractivity contribution in [1.82, 2.24) is 9.13 Å². The van der Waals surface area contributed by atoms with Gasteiger partial charge in [-0.05, 0) is 265 Å². The number of hydrogen-bond acceptors (Lipinski definition) is 4. The lowest BCUT2D eigenvalue weighted by Crippen LogP contribution is -2.10. The lowest BCUT2D eigenvalue weighted by molar-refractivity contribution is 0.668. The maximum absolute atomic E-state index is 6.67. The normalized spacial score (nSPS) is 11.5. The number of anilines is 6. The van der Waals surface area contributed by atoms with Gasteiger partial charge in [0.05, 0.1) is 27.8 Å². The highest BCUT2D eigenvalue weighted by Gasteiger charge is 2.24. The van der Waals surface area contributed by atoms with Crippen LogP contribution in [0.2, 0.25) is 0 Å². The van der Waals surface area contributed by atoms with Crippen LogP contribution in [0.15, 0.2) is 494 Å². The number of hydrogen-bond donors (Lipinski definition) is 0. The van der Waals surface area contributed by atoms with E-state index < -0.39 is 0 Å². The van der Waals surface area contributed by atoms with Crippen LogP contribution < -0.4 is 9.80 Å². The van der Waals surface area contributed by atoms with Gasteiger partial charge in [-0.2, -0.15) is 0 Å². The highest BCUT2D eigenvalue weighted by atomic mass is 16.3. The van der Waals surface area contributed by atoms with Crippen molar-refractivity contribution in [2.75, 3.05) is 9.80 Å². The summed E-state index contributed by atoms with van der Waals surface area (Å²) in [7, 11) is 0. The van der Waals surface area contributed by atoms with E-state index in [0.29, 0.717) is 0 Å². The van der Waals surface area contributed by atoms with Crippen LogP contribution in [0.4, 0.5) is 34.1 Å². The Bertz CT molecular complexity index is 8030. The largest absolute Gasteiger partial charge is 0.456 e. The SMILES string of the molecule is c1ccc(-c2cc(-c3ccccc3)cc(-c3ccc(N(c4ccc(-c5ccc6c(c5)c5ccccc5n6-c5ccccc5)cc4)c4cccc5c4oc4ccccc45)cc3)c2)cc1.c1ccc(-c2cc(-c3ccccc3)cc(-c3ccc(N(c4ccc(-c5ccc6c(c5)oc5ccccc56)cc4)c4ccc5c6ccccc6n(-c6ccccc6)c5c4)cc3)c2)cc1. The first kappa shape index (κ1) is 74.3. The van der Waals surface area contributed by atoms with Crippen molar-refractivity contribution in [3.05, 3.63) is 485 Å². The number of fused-ring (bicyclic) bond motifs is 12. The molecule has 592 valence electrons. The zero-order chi connectivity index (χ0) is 83.4. The molecule has 0 unspecified atom stereocenters. The molecular formula is C120H80N4O2. The highest BCUT2D eigenvalue weighted by molar-refractivity contribution is 6.14. The lowest BCUT2D eigenvalue weighted by atomic mass is 9.93. The minimum atomic E-state index is 0.857. The van der Waals surface area contributed by atoms with Crippen molar-refractivity contribution in [2.24, 2.45) is 0 Å². The molecule has 0 N–H and O–H groups in total. The van der Waals surface area contributed by atoms with E-state index in [4.69, 9.17) is 8.83 Å². The fraction of sp³-hybridized carbons (Fsp3) is 0. The Labute approximate surface area is 730 Å². The van der Waals surface area contributed by atoms with Gasteiger partial charge in [-0.25, -0.2) is 0 Å². The number of furan rings is 2. The third kappa shape index (κ3) is 13.8. The van der Waals surface area contributed by atoms with Gasteiger partial charge in [-0.15, -0.1) is 0 Å². The van der Waals surface area contributed by atoms with Gasteiger partial charge in [0.2, 0.25) is 0 Å². The molecular weight excluding hydrogens is 1530 g/mol. The Morgan fingerprint density at radius 3 is 0.921 bits per heavy atom. The summed E-state index contributed by atoms with van der Waals surface area (Å²) in [4.78, 5) is 4.70. The molecule has 0 aliphatic carbocycles. The quantitative estimate of drug-likeness (QED) is 0.0967. The summed E-state index contributed by atoms with van der Waals surface area (Å²) in [6, 6.07) is 174. The molecule has 0 aliphatic heterocycles. The first-order valence-corrected chi connectivity index (χ1v) is 43.0. The van der Waals surface area contributed by atoms with Gasteiger partial charge in [0.15, 0.2) is 5.58 Å². The highest BCUT2D eigenvalue weighted by Crippen LogP contribution is 2.47. The van der Waals surface area contributed by atoms with E-state index in [1.165, 1.54) is 99.3 Å². The van der Waals surface area contributed by atoms with E-state index >= 15 is 0 Å². The smallest absolute Gasteiger partial charge is 0.159 e. The van der Waals surface area contributed by atoms with Crippen LogP contribution in [0.25, 0.3) is 188 Å². The zero-order valence-electron chi connectivity index (χ0n) is 68.8. The lowest BCUT2D eigenvalue weighted by Gasteiger charge is -2.26. The van der Waals surface area contributed by atoms with E-state index in [-0.39, 0.29) is 0 Å². The predicted molar refractivity (Wildman–Crippen MR) is 529 cm³/mol. The molecule has 0 amide bonds. The first-order valence-electron chi connectivity index (χ1n) is 43.0. The molecule has 0 saturated carbocycles. The number of rotatable bonds is 16. The molecule has 20 aromatic carbocycles. The van der Waals surface area contributed by atoms with Gasteiger partial charge < -0.3 is 27.8 Å². The summed E-state index contributed by atoms with van der Waals surface area (Å²) in [5.41, 5.74) is 35.6. The molecule has 0 bridgehead atoms. The van der Waals surface area contributed by atoms with Gasteiger partial charge in [-0.1, -0.05) is 309 Å². The van der Waals surface area contributed by atoms with Crippen LogP contribution in [0.1, 0.15) is 0 Å². The van der Waals surface area contributed by atoms with Crippen LogP contribution in [-0.2, 0) is 0 Å². The van der Waals surface area contributed by atoms with Crippen molar-refractivity contribution in [2.45, 2.75) is 0 Å². The Morgan fingerprint density at radius 2 is 0.452 bits per heavy atom. The fourth-order valence-electron chi connectivity index (χ4n) is 18.6. The third-order valence-corrected chi connectivity index (χ3v) is 24.7. The molecule has 6 nitrogen and oxygen atoms in total. The van der Waals surface area contributed by atoms with Crippen molar-refractivity contribution >= 4 is 122 Å². The van der Waals surface area contributed by atoms with Crippen molar-refractivity contribution in [3.8, 4) is 100 Å². The second-order valence-electron chi connectivity index (χ2n) is 32.3. The van der Waals surface area contributed by atoms with Crippen molar-refractivity contribution in [3.63, 3.8) is 0 Å². The zero-order valence-corrected chi connectivity index (χ0v) is 68.8. The Balaban J connectivity index is 0.000000145. The second kappa shape index (κ2) is 32.0. The van der Waals surface area contributed by atoms with E-state index in [2.05, 4.69) is 480 Å². The van der Waals surface area contributed by atoms with Crippen LogP contribution >= 0.6 is 0 Å². The van der Waals surface area contributed by atoms with Crippen LogP contribution in [0.3, 0.4) is 0 Å². The van der Waals surface area contributed by atoms with E-state index in [1.54, 1.807) is 0 Å². The summed E-state index contributed by atoms with van der Waals surface area (Å²) < 4.78 is 17.7. The summed E-state index contributed by atoms with van der Waals surface area (Å²) in [5, 5.41) is 9.40. The topological polar surface area (TPSA) is 42.6 Å². The van der Waals surface area contributed by atoms with Gasteiger partial charge in [-0.3, -0.25) is 0 Å². The van der Waals surface area contributed by atoms with Gasteiger partial charge >= 0.3 is 0 Å².